The van der Waals surface area contributed by atoms with E-state index in [1.54, 1.807) is 0 Å². The van der Waals surface area contributed by atoms with E-state index in [0.29, 0.717) is 10.6 Å². The zero-order chi connectivity index (χ0) is 22.1. The first-order valence-electron chi connectivity index (χ1n) is 11.0. The van der Waals surface area contributed by atoms with Gasteiger partial charge in [0.05, 0.1) is 5.69 Å². The second-order valence-electron chi connectivity index (χ2n) is 8.24. The van der Waals surface area contributed by atoms with Crippen LogP contribution in [0.15, 0.2) is 60.7 Å². The highest BCUT2D eigenvalue weighted by molar-refractivity contribution is 7.21. The molecule has 2 aromatic heterocycles. The molecular weight excluding hydrogens is 416 g/mol. The Morgan fingerprint density at radius 3 is 2.66 bits per heavy atom. The van der Waals surface area contributed by atoms with Crippen LogP contribution in [0.3, 0.4) is 0 Å². The van der Waals surface area contributed by atoms with E-state index < -0.39 is 0 Å². The number of nitrogens with two attached hydrogens (primary N) is 1. The number of aromatic nitrogens is 1. The quantitative estimate of drug-likeness (QED) is 0.443. The van der Waals surface area contributed by atoms with E-state index in [1.807, 2.05) is 30.3 Å². The standard InChI is InChI=1S/C26H26N4OS/c1-2-17-8-10-20(11-9-17)28-25(31)24-23(27)21-14-19-16-30(15-18-6-4-3-5-7-18)13-12-22(19)29-26(21)32-24/h3-11,14H,2,12-13,15-16,27H2,1H3,(H,28,31). The van der Waals surface area contributed by atoms with Crippen molar-refractivity contribution >= 4 is 38.8 Å². The number of nitrogen functional groups attached to an aromatic ring is 1. The summed E-state index contributed by atoms with van der Waals surface area (Å²) < 4.78 is 0. The molecule has 6 heteroatoms. The van der Waals surface area contributed by atoms with Crippen LogP contribution in [0.25, 0.3) is 10.2 Å². The van der Waals surface area contributed by atoms with Crippen LogP contribution in [0.4, 0.5) is 11.4 Å². The monoisotopic (exact) mass is 442 g/mol. The highest BCUT2D eigenvalue weighted by Crippen LogP contribution is 2.35. The van der Waals surface area contributed by atoms with Gasteiger partial charge in [-0.15, -0.1) is 11.3 Å². The molecular formula is C26H26N4OS. The summed E-state index contributed by atoms with van der Waals surface area (Å²) in [4.78, 5) is 21.6. The lowest BCUT2D eigenvalue weighted by atomic mass is 10.0. The third-order valence-electron chi connectivity index (χ3n) is 6.02. The zero-order valence-corrected chi connectivity index (χ0v) is 18.9. The molecule has 5 nitrogen and oxygen atoms in total. The molecule has 0 atom stereocenters. The highest BCUT2D eigenvalue weighted by Gasteiger charge is 2.23. The number of pyridine rings is 1. The van der Waals surface area contributed by atoms with E-state index in [4.69, 9.17) is 10.7 Å². The summed E-state index contributed by atoms with van der Waals surface area (Å²) in [5, 5.41) is 3.85. The smallest absolute Gasteiger partial charge is 0.267 e. The Morgan fingerprint density at radius 2 is 1.91 bits per heavy atom. The minimum Gasteiger partial charge on any atom is -0.397 e. The summed E-state index contributed by atoms with van der Waals surface area (Å²) in [6, 6.07) is 20.6. The molecule has 0 unspecified atom stereocenters. The van der Waals surface area contributed by atoms with Gasteiger partial charge >= 0.3 is 0 Å². The lowest BCUT2D eigenvalue weighted by Gasteiger charge is -2.28. The van der Waals surface area contributed by atoms with Crippen molar-refractivity contribution in [2.45, 2.75) is 32.9 Å². The number of carbonyl (C=O) groups excluding carboxylic acids is 1. The molecule has 2 aromatic carbocycles. The van der Waals surface area contributed by atoms with Crippen molar-refractivity contribution in [3.05, 3.63) is 87.9 Å². The van der Waals surface area contributed by atoms with Crippen molar-refractivity contribution < 1.29 is 4.79 Å². The van der Waals surface area contributed by atoms with Crippen molar-refractivity contribution in [2.75, 3.05) is 17.6 Å². The molecule has 1 aliphatic heterocycles. The fourth-order valence-corrected chi connectivity index (χ4v) is 5.20. The maximum Gasteiger partial charge on any atom is 0.267 e. The number of carbonyl (C=O) groups is 1. The molecule has 3 heterocycles. The largest absolute Gasteiger partial charge is 0.397 e. The number of hydrogen-bond acceptors (Lipinski definition) is 5. The van der Waals surface area contributed by atoms with E-state index in [1.165, 1.54) is 28.0 Å². The Labute approximate surface area is 191 Å². The third-order valence-corrected chi connectivity index (χ3v) is 7.14. The average molecular weight is 443 g/mol. The highest BCUT2D eigenvalue weighted by atomic mass is 32.1. The molecule has 4 aromatic rings. The van der Waals surface area contributed by atoms with Gasteiger partial charge in [0, 0.05) is 42.8 Å². The molecule has 0 bridgehead atoms. The van der Waals surface area contributed by atoms with E-state index in [-0.39, 0.29) is 5.91 Å². The number of benzene rings is 2. The van der Waals surface area contributed by atoms with Crippen LogP contribution >= 0.6 is 11.3 Å². The molecule has 0 aliphatic carbocycles. The van der Waals surface area contributed by atoms with Crippen LogP contribution in [-0.2, 0) is 25.9 Å². The Morgan fingerprint density at radius 1 is 1.12 bits per heavy atom. The van der Waals surface area contributed by atoms with Crippen LogP contribution < -0.4 is 11.1 Å². The Bertz CT molecular complexity index is 1260. The van der Waals surface area contributed by atoms with E-state index in [9.17, 15) is 4.79 Å². The van der Waals surface area contributed by atoms with Gasteiger partial charge in [-0.25, -0.2) is 4.98 Å². The summed E-state index contributed by atoms with van der Waals surface area (Å²) in [5.41, 5.74) is 12.6. The van der Waals surface area contributed by atoms with Crippen LogP contribution in [-0.4, -0.2) is 22.3 Å². The number of thiophene rings is 1. The lowest BCUT2D eigenvalue weighted by Crippen LogP contribution is -2.30. The molecule has 3 N–H and O–H groups in total. The van der Waals surface area contributed by atoms with Crippen LogP contribution in [0.2, 0.25) is 0 Å². The predicted molar refractivity (Wildman–Crippen MR) is 132 cm³/mol. The molecule has 0 radical (unpaired) electrons. The molecule has 0 spiro atoms. The van der Waals surface area contributed by atoms with Crippen molar-refractivity contribution in [1.82, 2.24) is 9.88 Å². The van der Waals surface area contributed by atoms with Gasteiger partial charge in [-0.2, -0.15) is 0 Å². The number of nitrogens with one attached hydrogen (secondary N) is 1. The fourth-order valence-electron chi connectivity index (χ4n) is 4.21. The average Bonchev–Trinajstić information content (AvgIpc) is 3.14. The Hall–Kier alpha value is -3.22. The minimum atomic E-state index is -0.182. The molecule has 5 rings (SSSR count). The van der Waals surface area contributed by atoms with E-state index in [0.717, 1.165) is 54.1 Å². The summed E-state index contributed by atoms with van der Waals surface area (Å²) in [5.74, 6) is -0.182. The van der Waals surface area contributed by atoms with Gasteiger partial charge in [0.1, 0.15) is 9.71 Å². The first kappa shape index (κ1) is 20.7. The van der Waals surface area contributed by atoms with Gasteiger partial charge in [0.15, 0.2) is 0 Å². The number of fused-ring (bicyclic) bond motifs is 2. The second-order valence-corrected chi connectivity index (χ2v) is 9.24. The molecule has 162 valence electrons. The van der Waals surface area contributed by atoms with E-state index >= 15 is 0 Å². The van der Waals surface area contributed by atoms with Crippen molar-refractivity contribution in [3.8, 4) is 0 Å². The molecule has 1 aliphatic rings. The van der Waals surface area contributed by atoms with Crippen LogP contribution in [0.1, 0.15) is 39.0 Å². The SMILES string of the molecule is CCc1ccc(NC(=O)c2sc3nc4c(cc3c2N)CN(Cc2ccccc2)CC4)cc1. The zero-order valence-electron chi connectivity index (χ0n) is 18.1. The minimum absolute atomic E-state index is 0.182. The van der Waals surface area contributed by atoms with Crippen molar-refractivity contribution in [2.24, 2.45) is 0 Å². The number of aryl methyl sites for hydroxylation is 1. The normalized spacial score (nSPS) is 13.8. The van der Waals surface area contributed by atoms with Gasteiger partial charge in [0.25, 0.3) is 5.91 Å². The first-order valence-corrected chi connectivity index (χ1v) is 11.8. The summed E-state index contributed by atoms with van der Waals surface area (Å²) >= 11 is 1.37. The maximum absolute atomic E-state index is 12.9. The topological polar surface area (TPSA) is 71.2 Å². The summed E-state index contributed by atoms with van der Waals surface area (Å²) in [6.07, 6.45) is 1.87. The van der Waals surface area contributed by atoms with Crippen LogP contribution in [0, 0.1) is 0 Å². The van der Waals surface area contributed by atoms with Gasteiger partial charge in [-0.1, -0.05) is 49.4 Å². The molecule has 0 saturated heterocycles. The maximum atomic E-state index is 12.9. The summed E-state index contributed by atoms with van der Waals surface area (Å²) in [7, 11) is 0. The van der Waals surface area contributed by atoms with Crippen LogP contribution in [0.5, 0.6) is 0 Å². The van der Waals surface area contributed by atoms with Crippen molar-refractivity contribution in [3.63, 3.8) is 0 Å². The number of rotatable bonds is 5. The second kappa shape index (κ2) is 8.73. The van der Waals surface area contributed by atoms with Gasteiger partial charge in [-0.05, 0) is 41.3 Å². The number of hydrogen-bond donors (Lipinski definition) is 2. The number of anilines is 2. The van der Waals surface area contributed by atoms with Gasteiger partial charge in [0.2, 0.25) is 0 Å². The Balaban J connectivity index is 1.37. The molecule has 0 fully saturated rings. The van der Waals surface area contributed by atoms with Crippen molar-refractivity contribution in [1.29, 1.82) is 0 Å². The number of nitrogens with zero attached hydrogens (tertiary/aromatic N) is 2. The molecule has 32 heavy (non-hydrogen) atoms. The molecule has 0 saturated carbocycles. The molecule has 1 amide bonds. The lowest BCUT2D eigenvalue weighted by molar-refractivity contribution is 0.103. The first-order chi connectivity index (χ1) is 15.6. The number of amides is 1. The van der Waals surface area contributed by atoms with Gasteiger partial charge < -0.3 is 11.1 Å². The van der Waals surface area contributed by atoms with E-state index in [2.05, 4.69) is 47.5 Å². The van der Waals surface area contributed by atoms with Gasteiger partial charge in [-0.3, -0.25) is 9.69 Å². The third kappa shape index (κ3) is 4.11. The summed E-state index contributed by atoms with van der Waals surface area (Å²) in [6.45, 7) is 4.84. The predicted octanol–water partition coefficient (Wildman–Crippen LogP) is 5.25. The Kier molecular flexibility index (Phi) is 5.64. The fraction of sp³-hybridized carbons (Fsp3) is 0.231.